The van der Waals surface area contributed by atoms with E-state index in [1.54, 1.807) is 25.1 Å². The van der Waals surface area contributed by atoms with Gasteiger partial charge in [0, 0.05) is 25.4 Å². The maximum absolute atomic E-state index is 12.9. The number of benzene rings is 1. The van der Waals surface area contributed by atoms with Crippen molar-refractivity contribution >= 4 is 29.5 Å². The molecule has 0 unspecified atom stereocenters. The van der Waals surface area contributed by atoms with Crippen molar-refractivity contribution < 1.29 is 28.7 Å². The van der Waals surface area contributed by atoms with E-state index in [1.165, 1.54) is 19.4 Å². The van der Waals surface area contributed by atoms with Gasteiger partial charge in [0.1, 0.15) is 11.3 Å². The number of likely N-dealkylation sites (tertiary alicyclic amines) is 1. The number of piperidine rings is 1. The van der Waals surface area contributed by atoms with Crippen LogP contribution in [-0.2, 0) is 19.1 Å². The monoisotopic (exact) mass is 401 g/mol. The number of carbonyl (C=O) groups is 4. The Labute approximate surface area is 168 Å². The molecule has 1 N–H and O–H groups in total. The van der Waals surface area contributed by atoms with Crippen molar-refractivity contribution in [2.45, 2.75) is 19.8 Å². The highest BCUT2D eigenvalue weighted by molar-refractivity contribution is 6.37. The summed E-state index contributed by atoms with van der Waals surface area (Å²) in [5.74, 6) is -1.38. The highest BCUT2D eigenvalue weighted by Gasteiger charge is 2.38. The third-order valence-electron chi connectivity index (χ3n) is 4.87. The number of nitrogens with one attached hydrogen (secondary N) is 1. The highest BCUT2D eigenvalue weighted by atomic mass is 16.5. The van der Waals surface area contributed by atoms with Crippen LogP contribution < -0.4 is 15.0 Å². The molecular formula is C20H23N3O6. The number of nitrogens with zero attached hydrogens (tertiary/aromatic N) is 2. The van der Waals surface area contributed by atoms with Gasteiger partial charge in [-0.1, -0.05) is 6.07 Å². The first-order valence-corrected chi connectivity index (χ1v) is 9.41. The molecule has 2 saturated heterocycles. The molecule has 1 aromatic carbocycles. The van der Waals surface area contributed by atoms with Gasteiger partial charge < -0.3 is 14.4 Å². The van der Waals surface area contributed by atoms with Crippen molar-refractivity contribution in [2.75, 3.05) is 31.7 Å². The first-order valence-electron chi connectivity index (χ1n) is 9.41. The van der Waals surface area contributed by atoms with E-state index < -0.39 is 17.8 Å². The molecule has 29 heavy (non-hydrogen) atoms. The fourth-order valence-corrected chi connectivity index (χ4v) is 3.34. The number of urea groups is 1. The zero-order valence-corrected chi connectivity index (χ0v) is 16.3. The lowest BCUT2D eigenvalue weighted by molar-refractivity contribution is -0.149. The van der Waals surface area contributed by atoms with E-state index >= 15 is 0 Å². The van der Waals surface area contributed by atoms with E-state index in [9.17, 15) is 19.2 Å². The van der Waals surface area contributed by atoms with Gasteiger partial charge in [-0.3, -0.25) is 19.7 Å². The van der Waals surface area contributed by atoms with Gasteiger partial charge in [0.05, 0.1) is 25.3 Å². The van der Waals surface area contributed by atoms with Crippen molar-refractivity contribution in [3.05, 3.63) is 36.0 Å². The third-order valence-corrected chi connectivity index (χ3v) is 4.87. The largest absolute Gasteiger partial charge is 0.497 e. The quantitative estimate of drug-likeness (QED) is 0.452. The van der Waals surface area contributed by atoms with Crippen molar-refractivity contribution in [3.8, 4) is 5.75 Å². The SMILES string of the molecule is CCOC(=O)C1CCN(C=C2C(=O)NC(=O)N(c3cccc(OC)c3)C2=O)CC1. The fourth-order valence-electron chi connectivity index (χ4n) is 3.34. The Balaban J connectivity index is 1.76. The van der Waals surface area contributed by atoms with Gasteiger partial charge in [0.25, 0.3) is 11.8 Å². The molecule has 9 heteroatoms. The van der Waals surface area contributed by atoms with Crippen LogP contribution in [0.4, 0.5) is 10.5 Å². The van der Waals surface area contributed by atoms with Gasteiger partial charge in [-0.05, 0) is 31.9 Å². The number of anilines is 1. The molecule has 0 aromatic heterocycles. The molecule has 0 radical (unpaired) electrons. The lowest BCUT2D eigenvalue weighted by Crippen LogP contribution is -2.55. The van der Waals surface area contributed by atoms with Crippen molar-refractivity contribution in [3.63, 3.8) is 0 Å². The molecule has 2 aliphatic rings. The number of carbonyl (C=O) groups excluding carboxylic acids is 4. The number of hydrogen-bond acceptors (Lipinski definition) is 7. The molecule has 154 valence electrons. The molecule has 2 heterocycles. The summed E-state index contributed by atoms with van der Waals surface area (Å²) in [6.45, 7) is 3.10. The van der Waals surface area contributed by atoms with Gasteiger partial charge in [-0.25, -0.2) is 9.69 Å². The van der Waals surface area contributed by atoms with Crippen LogP contribution in [0.15, 0.2) is 36.0 Å². The molecular weight excluding hydrogens is 378 g/mol. The van der Waals surface area contributed by atoms with Crippen LogP contribution in [0.5, 0.6) is 5.75 Å². The van der Waals surface area contributed by atoms with Crippen LogP contribution in [0, 0.1) is 5.92 Å². The zero-order chi connectivity index (χ0) is 21.0. The molecule has 2 aliphatic heterocycles. The number of esters is 1. The second-order valence-corrected chi connectivity index (χ2v) is 6.71. The second-order valence-electron chi connectivity index (χ2n) is 6.71. The molecule has 3 rings (SSSR count). The Kier molecular flexibility index (Phi) is 6.16. The Morgan fingerprint density at radius 3 is 2.62 bits per heavy atom. The van der Waals surface area contributed by atoms with Gasteiger partial charge in [-0.2, -0.15) is 0 Å². The summed E-state index contributed by atoms with van der Waals surface area (Å²) in [6, 6.07) is 5.64. The topological polar surface area (TPSA) is 105 Å². The van der Waals surface area contributed by atoms with Crippen LogP contribution in [-0.4, -0.2) is 55.5 Å². The Bertz CT molecular complexity index is 858. The number of amides is 4. The molecule has 9 nitrogen and oxygen atoms in total. The van der Waals surface area contributed by atoms with Crippen LogP contribution in [0.3, 0.4) is 0 Å². The lowest BCUT2D eigenvalue weighted by Gasteiger charge is -2.32. The van der Waals surface area contributed by atoms with Gasteiger partial charge in [-0.15, -0.1) is 0 Å². The lowest BCUT2D eigenvalue weighted by atomic mass is 9.97. The van der Waals surface area contributed by atoms with Gasteiger partial charge in [0.2, 0.25) is 0 Å². The van der Waals surface area contributed by atoms with E-state index in [1.807, 2.05) is 4.90 Å². The minimum absolute atomic E-state index is 0.137. The van der Waals surface area contributed by atoms with E-state index in [0.717, 1.165) is 4.90 Å². The molecule has 0 bridgehead atoms. The zero-order valence-electron chi connectivity index (χ0n) is 16.3. The standard InChI is InChI=1S/C20H23N3O6/c1-3-29-19(26)13-7-9-22(10-8-13)12-16-17(24)21-20(27)23(18(16)25)14-5-4-6-15(11-14)28-2/h4-6,11-13H,3,7-10H2,1-2H3,(H,21,24,27). The van der Waals surface area contributed by atoms with E-state index in [-0.39, 0.29) is 17.5 Å². The van der Waals surface area contributed by atoms with Gasteiger partial charge in [0.15, 0.2) is 0 Å². The number of hydrogen-bond donors (Lipinski definition) is 1. The Morgan fingerprint density at radius 1 is 1.24 bits per heavy atom. The third kappa shape index (κ3) is 4.39. The van der Waals surface area contributed by atoms with Crippen molar-refractivity contribution in [2.24, 2.45) is 5.92 Å². The van der Waals surface area contributed by atoms with E-state index in [2.05, 4.69) is 5.32 Å². The summed E-state index contributed by atoms with van der Waals surface area (Å²) in [5.41, 5.74) is 0.160. The normalized spacial score (nSPS) is 19.4. The average Bonchev–Trinajstić information content (AvgIpc) is 2.72. The molecule has 2 fully saturated rings. The number of imide groups is 2. The summed E-state index contributed by atoms with van der Waals surface area (Å²) in [4.78, 5) is 52.0. The summed E-state index contributed by atoms with van der Waals surface area (Å²) < 4.78 is 10.2. The minimum Gasteiger partial charge on any atom is -0.497 e. The molecule has 0 saturated carbocycles. The Hall–Kier alpha value is -3.36. The minimum atomic E-state index is -0.813. The van der Waals surface area contributed by atoms with E-state index in [0.29, 0.717) is 44.0 Å². The van der Waals surface area contributed by atoms with Crippen LogP contribution >= 0.6 is 0 Å². The maximum Gasteiger partial charge on any atom is 0.335 e. The predicted molar refractivity (Wildman–Crippen MR) is 103 cm³/mol. The summed E-state index contributed by atoms with van der Waals surface area (Å²) in [5, 5.41) is 2.20. The molecule has 0 spiro atoms. The second kappa shape index (κ2) is 8.76. The molecule has 1 aromatic rings. The first-order chi connectivity index (χ1) is 13.9. The summed E-state index contributed by atoms with van der Waals surface area (Å²) >= 11 is 0. The first kappa shape index (κ1) is 20.4. The molecule has 4 amide bonds. The number of barbiturate groups is 1. The van der Waals surface area contributed by atoms with Crippen LogP contribution in [0.2, 0.25) is 0 Å². The van der Waals surface area contributed by atoms with Crippen LogP contribution in [0.1, 0.15) is 19.8 Å². The average molecular weight is 401 g/mol. The summed E-state index contributed by atoms with van der Waals surface area (Å²) in [6.07, 6.45) is 2.59. The Morgan fingerprint density at radius 2 is 1.97 bits per heavy atom. The van der Waals surface area contributed by atoms with Gasteiger partial charge >= 0.3 is 12.0 Å². The molecule has 0 aliphatic carbocycles. The molecule has 0 atom stereocenters. The fraction of sp³-hybridized carbons (Fsp3) is 0.400. The number of rotatable bonds is 5. The number of ether oxygens (including phenoxy) is 2. The number of methoxy groups -OCH3 is 1. The highest BCUT2D eigenvalue weighted by Crippen LogP contribution is 2.25. The smallest absolute Gasteiger partial charge is 0.335 e. The van der Waals surface area contributed by atoms with E-state index in [4.69, 9.17) is 9.47 Å². The summed E-state index contributed by atoms with van der Waals surface area (Å²) in [7, 11) is 1.48. The van der Waals surface area contributed by atoms with Crippen LogP contribution in [0.25, 0.3) is 0 Å². The van der Waals surface area contributed by atoms with Crippen molar-refractivity contribution in [1.82, 2.24) is 10.2 Å². The maximum atomic E-state index is 12.9. The predicted octanol–water partition coefficient (Wildman–Crippen LogP) is 1.44. The van der Waals surface area contributed by atoms with Crippen molar-refractivity contribution in [1.29, 1.82) is 0 Å².